The van der Waals surface area contributed by atoms with Crippen molar-refractivity contribution in [1.29, 1.82) is 0 Å². The molecule has 0 saturated carbocycles. The Morgan fingerprint density at radius 3 is 2.56 bits per heavy atom. The van der Waals surface area contributed by atoms with Gasteiger partial charge in [0.2, 0.25) is 0 Å². The van der Waals surface area contributed by atoms with Crippen molar-refractivity contribution in [2.45, 2.75) is 51.7 Å². The fraction of sp³-hybridized carbons (Fsp3) is 0.615. The predicted molar refractivity (Wildman–Crippen MR) is 65.0 cm³/mol. The maximum Gasteiger partial charge on any atom is 0.105 e. The molecule has 0 aliphatic heterocycles. The molecule has 1 unspecified atom stereocenters. The van der Waals surface area contributed by atoms with Crippen LogP contribution in [-0.2, 0) is 6.42 Å². The first-order chi connectivity index (χ1) is 7.38. The predicted octanol–water partition coefficient (Wildman–Crippen LogP) is 3.17. The molecular weight excluding hydrogens is 203 g/mol. The summed E-state index contributed by atoms with van der Waals surface area (Å²) in [6, 6.07) is 3.94. The van der Waals surface area contributed by atoms with E-state index >= 15 is 0 Å². The van der Waals surface area contributed by atoms with E-state index in [4.69, 9.17) is 5.73 Å². The summed E-state index contributed by atoms with van der Waals surface area (Å²) < 4.78 is 13.2. The number of hydrogen-bond donors (Lipinski definition) is 1. The molecule has 0 spiro atoms. The molecule has 3 heteroatoms. The minimum absolute atomic E-state index is 0.0289. The van der Waals surface area contributed by atoms with Crippen LogP contribution >= 0.6 is 0 Å². The van der Waals surface area contributed by atoms with Gasteiger partial charge in [0.25, 0.3) is 0 Å². The van der Waals surface area contributed by atoms with Gasteiger partial charge in [-0.3, -0.25) is 4.98 Å². The van der Waals surface area contributed by atoms with E-state index in [2.05, 4.69) is 4.98 Å². The van der Waals surface area contributed by atoms with Gasteiger partial charge in [-0.05, 0) is 51.7 Å². The molecule has 0 bridgehead atoms. The van der Waals surface area contributed by atoms with Crippen molar-refractivity contribution < 1.29 is 4.39 Å². The number of hydrogen-bond acceptors (Lipinski definition) is 2. The summed E-state index contributed by atoms with van der Waals surface area (Å²) in [7, 11) is 0. The van der Waals surface area contributed by atoms with Crippen LogP contribution in [0, 0.1) is 0 Å². The third-order valence-electron chi connectivity index (χ3n) is 2.55. The van der Waals surface area contributed by atoms with E-state index in [9.17, 15) is 4.39 Å². The smallest absolute Gasteiger partial charge is 0.105 e. The molecule has 1 heterocycles. The van der Waals surface area contributed by atoms with Gasteiger partial charge >= 0.3 is 0 Å². The fourth-order valence-electron chi connectivity index (χ4n) is 1.57. The summed E-state index contributed by atoms with van der Waals surface area (Å²) in [5.41, 5.74) is 6.68. The van der Waals surface area contributed by atoms with Gasteiger partial charge in [0, 0.05) is 12.2 Å². The van der Waals surface area contributed by atoms with Gasteiger partial charge in [-0.25, -0.2) is 4.39 Å². The number of alkyl halides is 1. The van der Waals surface area contributed by atoms with Crippen molar-refractivity contribution >= 4 is 0 Å². The molecule has 90 valence electrons. The third kappa shape index (κ3) is 4.71. The number of nitrogens with two attached hydrogens (primary N) is 1. The second-order valence-corrected chi connectivity index (χ2v) is 4.95. The minimum Gasteiger partial charge on any atom is -0.323 e. The number of pyridine rings is 1. The highest BCUT2D eigenvalue weighted by atomic mass is 19.1. The van der Waals surface area contributed by atoms with Gasteiger partial charge in [-0.1, -0.05) is 6.07 Å². The largest absolute Gasteiger partial charge is 0.323 e. The highest BCUT2D eigenvalue weighted by Gasteiger charge is 2.14. The Hall–Kier alpha value is -0.960. The van der Waals surface area contributed by atoms with Crippen LogP contribution in [0.3, 0.4) is 0 Å². The maximum absolute atomic E-state index is 13.2. The molecule has 16 heavy (non-hydrogen) atoms. The lowest BCUT2D eigenvalue weighted by atomic mass is 10.0. The van der Waals surface area contributed by atoms with Crippen LogP contribution in [0.2, 0.25) is 0 Å². The van der Waals surface area contributed by atoms with E-state index in [-0.39, 0.29) is 6.04 Å². The highest BCUT2D eigenvalue weighted by molar-refractivity contribution is 5.15. The molecule has 1 rings (SSSR count). The second kappa shape index (κ2) is 5.39. The monoisotopic (exact) mass is 224 g/mol. The quantitative estimate of drug-likeness (QED) is 0.834. The van der Waals surface area contributed by atoms with E-state index in [1.165, 1.54) is 0 Å². The number of rotatable bonds is 5. The molecule has 1 aromatic rings. The molecule has 0 radical (unpaired) electrons. The lowest BCUT2D eigenvalue weighted by Gasteiger charge is -2.13. The molecule has 2 nitrogen and oxygen atoms in total. The third-order valence-corrected chi connectivity index (χ3v) is 2.55. The lowest BCUT2D eigenvalue weighted by Crippen LogP contribution is -2.11. The molecule has 2 N–H and O–H groups in total. The average Bonchev–Trinajstić information content (AvgIpc) is 2.16. The minimum atomic E-state index is -1.07. The topological polar surface area (TPSA) is 38.9 Å². The Morgan fingerprint density at radius 2 is 2.12 bits per heavy atom. The van der Waals surface area contributed by atoms with Crippen molar-refractivity contribution in [2.75, 3.05) is 0 Å². The lowest BCUT2D eigenvalue weighted by molar-refractivity contribution is 0.197. The molecule has 0 aromatic carbocycles. The van der Waals surface area contributed by atoms with Crippen LogP contribution in [0.25, 0.3) is 0 Å². The number of aryl methyl sites for hydroxylation is 1. The zero-order valence-electron chi connectivity index (χ0n) is 10.3. The van der Waals surface area contributed by atoms with Crippen LogP contribution in [-0.4, -0.2) is 10.7 Å². The first-order valence-corrected chi connectivity index (χ1v) is 5.78. The summed E-state index contributed by atoms with van der Waals surface area (Å²) in [6.45, 7) is 5.14. The van der Waals surface area contributed by atoms with Gasteiger partial charge in [0.05, 0.1) is 5.69 Å². The summed E-state index contributed by atoms with van der Waals surface area (Å²) in [5, 5.41) is 0. The van der Waals surface area contributed by atoms with Crippen molar-refractivity contribution in [1.82, 2.24) is 4.98 Å². The highest BCUT2D eigenvalue weighted by Crippen LogP contribution is 2.18. The van der Waals surface area contributed by atoms with Crippen LogP contribution < -0.4 is 5.73 Å². The van der Waals surface area contributed by atoms with Crippen LogP contribution in [0.5, 0.6) is 0 Å². The first-order valence-electron chi connectivity index (χ1n) is 5.78. The van der Waals surface area contributed by atoms with E-state index in [0.717, 1.165) is 24.1 Å². The summed E-state index contributed by atoms with van der Waals surface area (Å²) in [6.07, 6.45) is 4.15. The van der Waals surface area contributed by atoms with E-state index in [1.807, 2.05) is 25.3 Å². The standard InChI is InChI=1S/C13H21FN2/c1-10(15)12-7-6-11(9-16-12)5-4-8-13(2,3)14/h6-7,9-10H,4-5,8,15H2,1-3H3. The van der Waals surface area contributed by atoms with Crippen LogP contribution in [0.15, 0.2) is 18.3 Å². The van der Waals surface area contributed by atoms with Crippen molar-refractivity contribution in [3.63, 3.8) is 0 Å². The van der Waals surface area contributed by atoms with Crippen LogP contribution in [0.4, 0.5) is 4.39 Å². The number of aromatic nitrogens is 1. The Balaban J connectivity index is 2.44. The number of nitrogens with zero attached hydrogens (tertiary/aromatic N) is 1. The Bertz CT molecular complexity index is 312. The van der Waals surface area contributed by atoms with Gasteiger partial charge in [-0.15, -0.1) is 0 Å². The fourth-order valence-corrected chi connectivity index (χ4v) is 1.57. The molecular formula is C13H21FN2. The molecule has 1 atom stereocenters. The molecule has 0 aliphatic rings. The maximum atomic E-state index is 13.2. The zero-order chi connectivity index (χ0) is 12.2. The van der Waals surface area contributed by atoms with Gasteiger partial charge in [0.15, 0.2) is 0 Å². The van der Waals surface area contributed by atoms with Gasteiger partial charge < -0.3 is 5.73 Å². The molecule has 1 aromatic heterocycles. The Kier molecular flexibility index (Phi) is 4.42. The SMILES string of the molecule is CC(N)c1ccc(CCCC(C)(C)F)cn1. The summed E-state index contributed by atoms with van der Waals surface area (Å²) >= 11 is 0. The molecule has 0 aliphatic carbocycles. The zero-order valence-corrected chi connectivity index (χ0v) is 10.3. The Labute approximate surface area is 97.1 Å². The van der Waals surface area contributed by atoms with Crippen molar-refractivity contribution in [3.05, 3.63) is 29.6 Å². The second-order valence-electron chi connectivity index (χ2n) is 4.95. The van der Waals surface area contributed by atoms with Crippen molar-refractivity contribution in [2.24, 2.45) is 5.73 Å². The molecule has 0 saturated heterocycles. The first kappa shape index (κ1) is 13.1. The van der Waals surface area contributed by atoms with E-state index in [1.54, 1.807) is 13.8 Å². The van der Waals surface area contributed by atoms with Gasteiger partial charge in [0.1, 0.15) is 5.67 Å². The summed E-state index contributed by atoms with van der Waals surface area (Å²) in [5.74, 6) is 0. The van der Waals surface area contributed by atoms with E-state index in [0.29, 0.717) is 6.42 Å². The summed E-state index contributed by atoms with van der Waals surface area (Å²) in [4.78, 5) is 4.27. The molecule has 0 fully saturated rings. The molecule has 0 amide bonds. The van der Waals surface area contributed by atoms with E-state index < -0.39 is 5.67 Å². The average molecular weight is 224 g/mol. The normalized spacial score (nSPS) is 13.8. The van der Waals surface area contributed by atoms with Crippen LogP contribution in [0.1, 0.15) is 50.9 Å². The van der Waals surface area contributed by atoms with Gasteiger partial charge in [-0.2, -0.15) is 0 Å². The Morgan fingerprint density at radius 1 is 1.44 bits per heavy atom. The van der Waals surface area contributed by atoms with Crippen molar-refractivity contribution in [3.8, 4) is 0 Å². The number of halogens is 1.